The van der Waals surface area contributed by atoms with Crippen LogP contribution in [0.25, 0.3) is 5.69 Å². The molecule has 2 unspecified atom stereocenters. The molecule has 0 bridgehead atoms. The van der Waals surface area contributed by atoms with Gasteiger partial charge < -0.3 is 10.6 Å². The molecule has 1 aromatic heterocycles. The van der Waals surface area contributed by atoms with Gasteiger partial charge in [-0.2, -0.15) is 0 Å². The molecule has 4 rings (SSSR count). The Morgan fingerprint density at radius 1 is 1.33 bits per heavy atom. The average Bonchev–Trinajstić information content (AvgIpc) is 3.19. The van der Waals surface area contributed by atoms with Gasteiger partial charge in [-0.25, -0.2) is 4.68 Å². The number of rotatable bonds is 4. The number of hydrogen-bond donors (Lipinski definition) is 2. The molecule has 3 N–H and O–H groups in total. The van der Waals surface area contributed by atoms with E-state index >= 15 is 0 Å². The number of carbonyl (C=O) groups excluding carboxylic acids is 3. The summed E-state index contributed by atoms with van der Waals surface area (Å²) >= 11 is 0. The Bertz CT molecular complexity index is 935. The molecule has 1 saturated heterocycles. The highest BCUT2D eigenvalue weighted by Crippen LogP contribution is 2.31. The Morgan fingerprint density at radius 3 is 2.89 bits per heavy atom. The predicted octanol–water partition coefficient (Wildman–Crippen LogP) is -0.0820. The Hall–Kier alpha value is -3.07. The number of imide groups is 1. The van der Waals surface area contributed by atoms with Gasteiger partial charge in [0.2, 0.25) is 11.8 Å². The van der Waals surface area contributed by atoms with Crippen LogP contribution in [0.1, 0.15) is 41.4 Å². The number of hydrogen-bond acceptors (Lipinski definition) is 6. The summed E-state index contributed by atoms with van der Waals surface area (Å²) in [6.45, 7) is 2.19. The topological polar surface area (TPSA) is 123 Å². The van der Waals surface area contributed by atoms with Crippen LogP contribution in [0.5, 0.6) is 0 Å². The van der Waals surface area contributed by atoms with Gasteiger partial charge >= 0.3 is 0 Å². The van der Waals surface area contributed by atoms with Gasteiger partial charge in [-0.3, -0.25) is 19.7 Å². The molecule has 140 valence electrons. The molecule has 1 aromatic carbocycles. The molecule has 9 nitrogen and oxygen atoms in total. The van der Waals surface area contributed by atoms with Crippen LogP contribution in [-0.2, 0) is 22.6 Å². The molecular formula is C18H20N6O3. The van der Waals surface area contributed by atoms with Gasteiger partial charge in [0.15, 0.2) is 0 Å². The Labute approximate surface area is 155 Å². The maximum Gasteiger partial charge on any atom is 0.255 e. The van der Waals surface area contributed by atoms with Crippen LogP contribution in [0, 0.1) is 0 Å². The van der Waals surface area contributed by atoms with Crippen molar-refractivity contribution in [3.8, 4) is 5.69 Å². The quantitative estimate of drug-likeness (QED) is 0.728. The van der Waals surface area contributed by atoms with Gasteiger partial charge in [-0.05, 0) is 25.5 Å². The molecule has 2 aliphatic heterocycles. The Morgan fingerprint density at radius 2 is 2.15 bits per heavy atom. The number of fused-ring (bicyclic) bond motifs is 1. The minimum Gasteiger partial charge on any atom is -0.328 e. The van der Waals surface area contributed by atoms with Gasteiger partial charge in [0, 0.05) is 36.6 Å². The summed E-state index contributed by atoms with van der Waals surface area (Å²) in [7, 11) is 0. The van der Waals surface area contributed by atoms with Crippen molar-refractivity contribution in [1.29, 1.82) is 0 Å². The molecule has 2 atom stereocenters. The first-order valence-corrected chi connectivity index (χ1v) is 8.88. The third-order valence-electron chi connectivity index (χ3n) is 4.88. The zero-order chi connectivity index (χ0) is 19.1. The zero-order valence-electron chi connectivity index (χ0n) is 14.9. The SMILES string of the molecule is CC(N)Cc1cn(-c2cccc3c2CN(C2CCC(=O)NC2=O)C3=O)nn1. The predicted molar refractivity (Wildman–Crippen MR) is 94.8 cm³/mol. The van der Waals surface area contributed by atoms with Crippen LogP contribution in [0.4, 0.5) is 0 Å². The molecule has 2 aromatic rings. The van der Waals surface area contributed by atoms with E-state index in [1.54, 1.807) is 23.0 Å². The second kappa shape index (κ2) is 6.58. The van der Waals surface area contributed by atoms with E-state index in [4.69, 9.17) is 5.73 Å². The fourth-order valence-corrected chi connectivity index (χ4v) is 3.62. The summed E-state index contributed by atoms with van der Waals surface area (Å²) in [5.74, 6) is -0.934. The first-order chi connectivity index (χ1) is 12.9. The van der Waals surface area contributed by atoms with Crippen LogP contribution in [-0.4, -0.2) is 49.7 Å². The Balaban J connectivity index is 1.64. The summed E-state index contributed by atoms with van der Waals surface area (Å²) in [4.78, 5) is 38.0. The van der Waals surface area contributed by atoms with Crippen molar-refractivity contribution in [2.24, 2.45) is 5.73 Å². The van der Waals surface area contributed by atoms with Crippen LogP contribution in [0.3, 0.4) is 0 Å². The summed E-state index contributed by atoms with van der Waals surface area (Å²) in [5, 5.41) is 10.6. The minimum absolute atomic E-state index is 0.0266. The number of aromatic nitrogens is 3. The van der Waals surface area contributed by atoms with E-state index in [0.29, 0.717) is 24.9 Å². The highest BCUT2D eigenvalue weighted by molar-refractivity contribution is 6.05. The van der Waals surface area contributed by atoms with E-state index in [1.165, 1.54) is 4.90 Å². The van der Waals surface area contributed by atoms with Gasteiger partial charge in [0.1, 0.15) is 6.04 Å². The molecule has 9 heteroatoms. The van der Waals surface area contributed by atoms with Crippen molar-refractivity contribution < 1.29 is 14.4 Å². The van der Waals surface area contributed by atoms with E-state index in [1.807, 2.05) is 13.0 Å². The van der Waals surface area contributed by atoms with Crippen LogP contribution in [0.15, 0.2) is 24.4 Å². The van der Waals surface area contributed by atoms with E-state index < -0.39 is 11.9 Å². The van der Waals surface area contributed by atoms with Crippen molar-refractivity contribution in [3.05, 3.63) is 41.2 Å². The molecule has 1 fully saturated rings. The molecule has 27 heavy (non-hydrogen) atoms. The second-order valence-corrected chi connectivity index (χ2v) is 7.04. The van der Waals surface area contributed by atoms with Crippen LogP contribution < -0.4 is 11.1 Å². The smallest absolute Gasteiger partial charge is 0.255 e. The lowest BCUT2D eigenvalue weighted by Crippen LogP contribution is -2.52. The summed E-state index contributed by atoms with van der Waals surface area (Å²) in [5.41, 5.74) is 8.67. The fraction of sp³-hybridized carbons (Fsp3) is 0.389. The van der Waals surface area contributed by atoms with Gasteiger partial charge in [-0.15, -0.1) is 5.10 Å². The summed E-state index contributed by atoms with van der Waals surface area (Å²) < 4.78 is 1.64. The third kappa shape index (κ3) is 3.10. The van der Waals surface area contributed by atoms with Gasteiger partial charge in [0.25, 0.3) is 5.91 Å². The average molecular weight is 368 g/mol. The van der Waals surface area contributed by atoms with Crippen LogP contribution >= 0.6 is 0 Å². The molecule has 0 saturated carbocycles. The highest BCUT2D eigenvalue weighted by Gasteiger charge is 2.40. The van der Waals surface area contributed by atoms with E-state index in [0.717, 1.165) is 16.9 Å². The summed E-state index contributed by atoms with van der Waals surface area (Å²) in [6, 6.07) is 4.73. The maximum absolute atomic E-state index is 12.9. The van der Waals surface area contributed by atoms with Crippen molar-refractivity contribution in [3.63, 3.8) is 0 Å². The first kappa shape index (κ1) is 17.3. The number of amides is 3. The summed E-state index contributed by atoms with van der Waals surface area (Å²) in [6.07, 6.45) is 2.98. The van der Waals surface area contributed by atoms with E-state index in [9.17, 15) is 14.4 Å². The molecule has 0 aliphatic carbocycles. The van der Waals surface area contributed by atoms with Crippen molar-refractivity contribution in [2.75, 3.05) is 0 Å². The van der Waals surface area contributed by atoms with Gasteiger partial charge in [0.05, 0.1) is 17.6 Å². The molecule has 2 aliphatic rings. The van der Waals surface area contributed by atoms with Crippen molar-refractivity contribution >= 4 is 17.7 Å². The Kier molecular flexibility index (Phi) is 4.23. The third-order valence-corrected chi connectivity index (χ3v) is 4.88. The molecule has 0 spiro atoms. The van der Waals surface area contributed by atoms with Crippen molar-refractivity contribution in [2.45, 2.75) is 44.8 Å². The number of nitrogens with two attached hydrogens (primary N) is 1. The normalized spacial score (nSPS) is 20.6. The lowest BCUT2D eigenvalue weighted by Gasteiger charge is -2.29. The number of carbonyl (C=O) groups is 3. The van der Waals surface area contributed by atoms with E-state index in [-0.39, 0.29) is 24.3 Å². The lowest BCUT2D eigenvalue weighted by molar-refractivity contribution is -0.136. The monoisotopic (exact) mass is 368 g/mol. The number of benzene rings is 1. The fourth-order valence-electron chi connectivity index (χ4n) is 3.62. The minimum atomic E-state index is -0.639. The zero-order valence-corrected chi connectivity index (χ0v) is 14.9. The molecule has 3 amide bonds. The molecule has 3 heterocycles. The van der Waals surface area contributed by atoms with Crippen molar-refractivity contribution in [1.82, 2.24) is 25.2 Å². The highest BCUT2D eigenvalue weighted by atomic mass is 16.2. The van der Waals surface area contributed by atoms with E-state index in [2.05, 4.69) is 15.6 Å². The molecule has 0 radical (unpaired) electrons. The lowest BCUT2D eigenvalue weighted by atomic mass is 10.0. The number of piperidine rings is 1. The van der Waals surface area contributed by atoms with Crippen LogP contribution in [0.2, 0.25) is 0 Å². The molecular weight excluding hydrogens is 348 g/mol. The maximum atomic E-state index is 12.9. The second-order valence-electron chi connectivity index (χ2n) is 7.04. The largest absolute Gasteiger partial charge is 0.328 e. The first-order valence-electron chi connectivity index (χ1n) is 8.88. The standard InChI is InChI=1S/C18H20N6O3/c1-10(19)7-11-8-24(22-21-11)14-4-2-3-12-13(14)9-23(18(12)27)15-5-6-16(25)20-17(15)26/h2-4,8,10,15H,5-7,9,19H2,1H3,(H,20,25,26). The number of nitrogens with one attached hydrogen (secondary N) is 1. The van der Waals surface area contributed by atoms with Gasteiger partial charge in [-0.1, -0.05) is 11.3 Å². The number of nitrogens with zero attached hydrogens (tertiary/aromatic N) is 4.